The molecule has 1 saturated heterocycles. The summed E-state index contributed by atoms with van der Waals surface area (Å²) in [6.07, 6.45) is 1.91. The molecule has 0 aliphatic carbocycles. The van der Waals surface area contributed by atoms with E-state index in [-0.39, 0.29) is 6.04 Å². The molecule has 3 atom stereocenters. The number of carboxylic acid groups (broad SMARTS) is 1. The molecular formula is C12H23NO3. The van der Waals surface area contributed by atoms with Gasteiger partial charge in [-0.2, -0.15) is 0 Å². The number of hydrogen-bond acceptors (Lipinski definition) is 3. The monoisotopic (exact) mass is 229 g/mol. The van der Waals surface area contributed by atoms with Gasteiger partial charge in [0.05, 0.1) is 11.5 Å². The Bertz CT molecular complexity index is 255. The van der Waals surface area contributed by atoms with E-state index < -0.39 is 17.5 Å². The van der Waals surface area contributed by atoms with Gasteiger partial charge >= 0.3 is 5.97 Å². The molecule has 1 aliphatic heterocycles. The van der Waals surface area contributed by atoms with Crippen LogP contribution in [0.4, 0.5) is 0 Å². The van der Waals surface area contributed by atoms with E-state index in [4.69, 9.17) is 0 Å². The number of carboxylic acids is 1. The van der Waals surface area contributed by atoms with Gasteiger partial charge in [-0.25, -0.2) is 0 Å². The number of aliphatic hydroxyl groups is 1. The Kier molecular flexibility index (Phi) is 4.33. The Labute approximate surface area is 97.3 Å². The minimum atomic E-state index is -0.686. The van der Waals surface area contributed by atoms with Crippen LogP contribution in [-0.2, 0) is 4.79 Å². The Morgan fingerprint density at radius 3 is 2.56 bits per heavy atom. The summed E-state index contributed by atoms with van der Waals surface area (Å²) >= 11 is 0. The zero-order chi connectivity index (χ0) is 12.3. The standard InChI is InChI=1S/C12H23NO3/c1-4-5-12(11(15)16)6-7-13(8-12)9(2)10(3)14/h9-10,14H,4-8H2,1-3H3,(H,15,16). The number of aliphatic hydroxyl groups excluding tert-OH is 1. The molecule has 1 aliphatic rings. The second kappa shape index (κ2) is 5.15. The zero-order valence-electron chi connectivity index (χ0n) is 10.4. The van der Waals surface area contributed by atoms with Gasteiger partial charge < -0.3 is 10.2 Å². The van der Waals surface area contributed by atoms with E-state index in [0.29, 0.717) is 13.0 Å². The highest BCUT2D eigenvalue weighted by atomic mass is 16.4. The van der Waals surface area contributed by atoms with Crippen molar-refractivity contribution in [3.05, 3.63) is 0 Å². The SMILES string of the molecule is CCCC1(C(=O)O)CCN(C(C)C(C)O)C1. The minimum Gasteiger partial charge on any atom is -0.481 e. The molecule has 2 N–H and O–H groups in total. The van der Waals surface area contributed by atoms with Crippen LogP contribution in [0.2, 0.25) is 0 Å². The molecule has 0 saturated carbocycles. The fraction of sp³-hybridized carbons (Fsp3) is 0.917. The van der Waals surface area contributed by atoms with E-state index in [2.05, 4.69) is 4.90 Å². The Morgan fingerprint density at radius 1 is 1.50 bits per heavy atom. The van der Waals surface area contributed by atoms with Gasteiger partial charge in [0.1, 0.15) is 0 Å². The quantitative estimate of drug-likeness (QED) is 0.746. The summed E-state index contributed by atoms with van der Waals surface area (Å²) < 4.78 is 0. The summed E-state index contributed by atoms with van der Waals surface area (Å²) in [5.74, 6) is -0.686. The molecule has 1 rings (SSSR count). The van der Waals surface area contributed by atoms with Crippen molar-refractivity contribution in [1.29, 1.82) is 0 Å². The van der Waals surface area contributed by atoms with Gasteiger partial charge in [0, 0.05) is 12.6 Å². The molecule has 1 heterocycles. The number of aliphatic carboxylic acids is 1. The molecule has 0 aromatic heterocycles. The maximum absolute atomic E-state index is 11.4. The van der Waals surface area contributed by atoms with E-state index >= 15 is 0 Å². The van der Waals surface area contributed by atoms with Crippen LogP contribution in [0.5, 0.6) is 0 Å². The topological polar surface area (TPSA) is 60.8 Å². The van der Waals surface area contributed by atoms with E-state index in [1.54, 1.807) is 6.92 Å². The van der Waals surface area contributed by atoms with Gasteiger partial charge in [-0.3, -0.25) is 9.69 Å². The normalized spacial score (nSPS) is 30.2. The van der Waals surface area contributed by atoms with Crippen LogP contribution in [0.3, 0.4) is 0 Å². The first-order valence-electron chi connectivity index (χ1n) is 6.08. The third-order valence-corrected chi connectivity index (χ3v) is 3.84. The highest BCUT2D eigenvalue weighted by Crippen LogP contribution is 2.36. The van der Waals surface area contributed by atoms with Crippen LogP contribution in [-0.4, -0.2) is 46.3 Å². The molecule has 1 fully saturated rings. The van der Waals surface area contributed by atoms with Crippen molar-refractivity contribution < 1.29 is 15.0 Å². The van der Waals surface area contributed by atoms with E-state index in [1.165, 1.54) is 0 Å². The van der Waals surface area contributed by atoms with Crippen LogP contribution < -0.4 is 0 Å². The van der Waals surface area contributed by atoms with Crippen molar-refractivity contribution in [1.82, 2.24) is 4.90 Å². The van der Waals surface area contributed by atoms with Gasteiger partial charge in [-0.15, -0.1) is 0 Å². The molecule has 0 radical (unpaired) electrons. The smallest absolute Gasteiger partial charge is 0.310 e. The average molecular weight is 229 g/mol. The van der Waals surface area contributed by atoms with Gasteiger partial charge in [0.25, 0.3) is 0 Å². The molecule has 0 amide bonds. The fourth-order valence-corrected chi connectivity index (χ4v) is 2.52. The molecule has 0 spiro atoms. The van der Waals surface area contributed by atoms with Crippen LogP contribution in [0.25, 0.3) is 0 Å². The van der Waals surface area contributed by atoms with Crippen molar-refractivity contribution in [2.75, 3.05) is 13.1 Å². The summed E-state index contributed by atoms with van der Waals surface area (Å²) in [6, 6.07) is 0.0399. The van der Waals surface area contributed by atoms with Crippen LogP contribution in [0.1, 0.15) is 40.0 Å². The highest BCUT2D eigenvalue weighted by molar-refractivity contribution is 5.75. The lowest BCUT2D eigenvalue weighted by Gasteiger charge is -2.29. The summed E-state index contributed by atoms with van der Waals surface area (Å²) in [5.41, 5.74) is -0.585. The van der Waals surface area contributed by atoms with Gasteiger partial charge in [0.15, 0.2) is 0 Å². The molecular weight excluding hydrogens is 206 g/mol. The maximum Gasteiger partial charge on any atom is 0.310 e. The third-order valence-electron chi connectivity index (χ3n) is 3.84. The van der Waals surface area contributed by atoms with Crippen LogP contribution in [0.15, 0.2) is 0 Å². The molecule has 0 aromatic rings. The van der Waals surface area contributed by atoms with Gasteiger partial charge in [-0.1, -0.05) is 13.3 Å². The largest absolute Gasteiger partial charge is 0.481 e. The van der Waals surface area contributed by atoms with E-state index in [0.717, 1.165) is 19.4 Å². The van der Waals surface area contributed by atoms with Crippen molar-refractivity contribution in [2.24, 2.45) is 5.41 Å². The second-order valence-corrected chi connectivity index (χ2v) is 5.04. The lowest BCUT2D eigenvalue weighted by molar-refractivity contribution is -0.148. The van der Waals surface area contributed by atoms with Crippen molar-refractivity contribution in [2.45, 2.75) is 52.2 Å². The average Bonchev–Trinajstić information content (AvgIpc) is 2.62. The molecule has 16 heavy (non-hydrogen) atoms. The number of carbonyl (C=O) groups is 1. The molecule has 94 valence electrons. The molecule has 0 bridgehead atoms. The number of rotatable bonds is 5. The first kappa shape index (κ1) is 13.5. The molecule has 4 nitrogen and oxygen atoms in total. The first-order chi connectivity index (χ1) is 7.43. The predicted octanol–water partition coefficient (Wildman–Crippen LogP) is 1.33. The highest BCUT2D eigenvalue weighted by Gasteiger charge is 2.45. The Hall–Kier alpha value is -0.610. The molecule has 4 heteroatoms. The summed E-state index contributed by atoms with van der Waals surface area (Å²) in [4.78, 5) is 13.5. The lowest BCUT2D eigenvalue weighted by Crippen LogP contribution is -2.42. The fourth-order valence-electron chi connectivity index (χ4n) is 2.52. The zero-order valence-corrected chi connectivity index (χ0v) is 10.4. The maximum atomic E-state index is 11.4. The molecule has 0 aromatic carbocycles. The lowest BCUT2D eigenvalue weighted by atomic mass is 9.82. The van der Waals surface area contributed by atoms with Crippen molar-refractivity contribution in [3.8, 4) is 0 Å². The second-order valence-electron chi connectivity index (χ2n) is 5.04. The Morgan fingerprint density at radius 2 is 2.12 bits per heavy atom. The number of hydrogen-bond donors (Lipinski definition) is 2. The van der Waals surface area contributed by atoms with E-state index in [9.17, 15) is 15.0 Å². The summed E-state index contributed by atoms with van der Waals surface area (Å²) in [5, 5.41) is 18.9. The van der Waals surface area contributed by atoms with Crippen LogP contribution >= 0.6 is 0 Å². The number of nitrogens with zero attached hydrogens (tertiary/aromatic N) is 1. The van der Waals surface area contributed by atoms with Gasteiger partial charge in [0.2, 0.25) is 0 Å². The summed E-state index contributed by atoms with van der Waals surface area (Å²) in [6.45, 7) is 7.08. The predicted molar refractivity (Wildman–Crippen MR) is 62.3 cm³/mol. The minimum absolute atomic E-state index is 0.0399. The molecule has 3 unspecified atom stereocenters. The first-order valence-corrected chi connectivity index (χ1v) is 6.08. The van der Waals surface area contributed by atoms with Crippen molar-refractivity contribution >= 4 is 5.97 Å². The van der Waals surface area contributed by atoms with Gasteiger partial charge in [-0.05, 0) is 33.2 Å². The number of likely N-dealkylation sites (tertiary alicyclic amines) is 1. The third kappa shape index (κ3) is 2.55. The Balaban J connectivity index is 2.70. The summed E-state index contributed by atoms with van der Waals surface area (Å²) in [7, 11) is 0. The van der Waals surface area contributed by atoms with E-state index in [1.807, 2.05) is 13.8 Å². The van der Waals surface area contributed by atoms with Crippen molar-refractivity contribution in [3.63, 3.8) is 0 Å². The van der Waals surface area contributed by atoms with Crippen LogP contribution in [0, 0.1) is 5.41 Å².